The molecule has 0 aliphatic carbocycles. The van der Waals surface area contributed by atoms with Crippen molar-refractivity contribution in [1.82, 2.24) is 29.9 Å². The lowest BCUT2D eigenvalue weighted by atomic mass is 10.1. The summed E-state index contributed by atoms with van der Waals surface area (Å²) in [4.78, 5) is 25.6. The van der Waals surface area contributed by atoms with Gasteiger partial charge in [-0.15, -0.1) is 5.10 Å². The van der Waals surface area contributed by atoms with Gasteiger partial charge in [0.05, 0.1) is 0 Å². The van der Waals surface area contributed by atoms with Crippen LogP contribution in [0.15, 0.2) is 79.1 Å². The van der Waals surface area contributed by atoms with E-state index in [0.717, 1.165) is 22.5 Å². The minimum Gasteiger partial charge on any atom is -0.348 e. The highest BCUT2D eigenvalue weighted by Gasteiger charge is 2.12. The number of fused-ring (bicyclic) bond motifs is 1. The normalized spacial score (nSPS) is 10.9. The van der Waals surface area contributed by atoms with Crippen LogP contribution in [0.25, 0.3) is 17.2 Å². The average molecular weight is 453 g/mol. The second-order valence-electron chi connectivity index (χ2n) is 7.68. The quantitative estimate of drug-likeness (QED) is 0.398. The van der Waals surface area contributed by atoms with Crippen LogP contribution in [0.2, 0.25) is 0 Å². The van der Waals surface area contributed by atoms with Gasteiger partial charge in [-0.1, -0.05) is 12.1 Å². The number of halogens is 1. The van der Waals surface area contributed by atoms with Gasteiger partial charge >= 0.3 is 0 Å². The third-order valence-corrected chi connectivity index (χ3v) is 5.15. The Hall–Kier alpha value is -4.66. The molecule has 3 heterocycles. The zero-order chi connectivity index (χ0) is 23.5. The number of anilines is 2. The standard InChI is InChI=1S/C25H20FN7O/c1-16-13-22(33-25(29-16)31-23(32-33)19-3-2-12-27-15-19)30-21-10-6-18(7-11-21)24(34)28-14-17-4-8-20(26)9-5-17/h2-13,15,30H,14H2,1H3,(H,28,34). The van der Waals surface area contributed by atoms with E-state index < -0.39 is 0 Å². The summed E-state index contributed by atoms with van der Waals surface area (Å²) in [6, 6.07) is 18.7. The van der Waals surface area contributed by atoms with Gasteiger partial charge in [-0.05, 0) is 61.0 Å². The summed E-state index contributed by atoms with van der Waals surface area (Å²) in [6.07, 6.45) is 3.40. The average Bonchev–Trinajstić information content (AvgIpc) is 3.29. The van der Waals surface area contributed by atoms with Gasteiger partial charge in [0.2, 0.25) is 0 Å². The van der Waals surface area contributed by atoms with E-state index in [4.69, 9.17) is 0 Å². The van der Waals surface area contributed by atoms with Crippen molar-refractivity contribution in [1.29, 1.82) is 0 Å². The van der Waals surface area contributed by atoms with Crippen molar-refractivity contribution in [2.75, 3.05) is 5.32 Å². The monoisotopic (exact) mass is 453 g/mol. The van der Waals surface area contributed by atoms with E-state index in [1.807, 2.05) is 37.3 Å². The lowest BCUT2D eigenvalue weighted by Crippen LogP contribution is -2.22. The minimum atomic E-state index is -0.306. The molecule has 0 fully saturated rings. The summed E-state index contributed by atoms with van der Waals surface area (Å²) >= 11 is 0. The number of amides is 1. The van der Waals surface area contributed by atoms with Crippen LogP contribution >= 0.6 is 0 Å². The molecule has 0 saturated carbocycles. The van der Waals surface area contributed by atoms with E-state index in [1.54, 1.807) is 41.2 Å². The number of hydrogen-bond acceptors (Lipinski definition) is 6. The van der Waals surface area contributed by atoms with E-state index >= 15 is 0 Å². The van der Waals surface area contributed by atoms with E-state index in [9.17, 15) is 9.18 Å². The summed E-state index contributed by atoms with van der Waals surface area (Å²) < 4.78 is 14.7. The Morgan fingerprint density at radius 2 is 1.82 bits per heavy atom. The van der Waals surface area contributed by atoms with Gasteiger partial charge in [0.25, 0.3) is 11.7 Å². The smallest absolute Gasteiger partial charge is 0.254 e. The first kappa shape index (κ1) is 21.2. The molecule has 3 aromatic heterocycles. The Labute approximate surface area is 194 Å². The summed E-state index contributed by atoms with van der Waals surface area (Å²) in [5.41, 5.74) is 3.71. The molecule has 0 saturated heterocycles. The van der Waals surface area contributed by atoms with Crippen LogP contribution < -0.4 is 10.6 Å². The molecule has 0 bridgehead atoms. The third kappa shape index (κ3) is 4.58. The minimum absolute atomic E-state index is 0.213. The number of aryl methyl sites for hydroxylation is 1. The number of pyridine rings is 1. The summed E-state index contributed by atoms with van der Waals surface area (Å²) in [6.45, 7) is 2.21. The van der Waals surface area contributed by atoms with E-state index in [-0.39, 0.29) is 11.7 Å². The van der Waals surface area contributed by atoms with E-state index in [0.29, 0.717) is 29.5 Å². The molecule has 9 heteroatoms. The molecule has 0 aliphatic heterocycles. The fourth-order valence-corrected chi connectivity index (χ4v) is 3.43. The molecular weight excluding hydrogens is 433 g/mol. The van der Waals surface area contributed by atoms with Crippen molar-refractivity contribution in [2.24, 2.45) is 0 Å². The lowest BCUT2D eigenvalue weighted by molar-refractivity contribution is 0.0951. The Morgan fingerprint density at radius 3 is 2.56 bits per heavy atom. The summed E-state index contributed by atoms with van der Waals surface area (Å²) in [7, 11) is 0. The fourth-order valence-electron chi connectivity index (χ4n) is 3.43. The molecule has 0 aliphatic rings. The van der Waals surface area contributed by atoms with E-state index in [1.165, 1.54) is 12.1 Å². The van der Waals surface area contributed by atoms with Crippen LogP contribution in [0.4, 0.5) is 15.9 Å². The second-order valence-corrected chi connectivity index (χ2v) is 7.68. The lowest BCUT2D eigenvalue weighted by Gasteiger charge is -2.10. The number of benzene rings is 2. The zero-order valence-corrected chi connectivity index (χ0v) is 18.2. The molecule has 2 aromatic carbocycles. The van der Waals surface area contributed by atoms with Crippen LogP contribution in [0.1, 0.15) is 21.6 Å². The van der Waals surface area contributed by atoms with Gasteiger partial charge in [0, 0.05) is 47.5 Å². The molecule has 1 amide bonds. The molecule has 8 nitrogen and oxygen atoms in total. The maximum absolute atomic E-state index is 13.0. The number of rotatable bonds is 6. The Bertz CT molecular complexity index is 1450. The Balaban J connectivity index is 1.32. The fraction of sp³-hybridized carbons (Fsp3) is 0.0800. The SMILES string of the molecule is Cc1cc(Nc2ccc(C(=O)NCc3ccc(F)cc3)cc2)n2nc(-c3cccnc3)nc2n1. The maximum Gasteiger partial charge on any atom is 0.254 e. The number of nitrogens with one attached hydrogen (secondary N) is 2. The van der Waals surface area contributed by atoms with Gasteiger partial charge in [0.15, 0.2) is 5.82 Å². The number of carbonyl (C=O) groups is 1. The van der Waals surface area contributed by atoms with Crippen LogP contribution in [0, 0.1) is 12.7 Å². The predicted molar refractivity (Wildman–Crippen MR) is 126 cm³/mol. The molecule has 0 radical (unpaired) electrons. The second kappa shape index (κ2) is 9.07. The highest BCUT2D eigenvalue weighted by atomic mass is 19.1. The molecule has 34 heavy (non-hydrogen) atoms. The first-order valence-electron chi connectivity index (χ1n) is 10.6. The van der Waals surface area contributed by atoms with Crippen LogP contribution in [0.3, 0.4) is 0 Å². The molecule has 168 valence electrons. The maximum atomic E-state index is 13.0. The van der Waals surface area contributed by atoms with Crippen molar-refractivity contribution in [3.05, 3.63) is 102 Å². The van der Waals surface area contributed by atoms with Gasteiger partial charge in [-0.25, -0.2) is 9.37 Å². The molecule has 2 N–H and O–H groups in total. The molecule has 0 atom stereocenters. The molecule has 0 spiro atoms. The van der Waals surface area contributed by atoms with Crippen molar-refractivity contribution in [3.8, 4) is 11.4 Å². The van der Waals surface area contributed by atoms with Gasteiger partial charge < -0.3 is 10.6 Å². The summed E-state index contributed by atoms with van der Waals surface area (Å²) in [5, 5.41) is 10.7. The van der Waals surface area contributed by atoms with Crippen LogP contribution in [0.5, 0.6) is 0 Å². The first-order valence-corrected chi connectivity index (χ1v) is 10.6. The van der Waals surface area contributed by atoms with Gasteiger partial charge in [-0.2, -0.15) is 9.50 Å². The Kier molecular flexibility index (Phi) is 5.65. The van der Waals surface area contributed by atoms with Crippen molar-refractivity contribution in [3.63, 3.8) is 0 Å². The van der Waals surface area contributed by atoms with E-state index in [2.05, 4.69) is 30.7 Å². The van der Waals surface area contributed by atoms with Crippen LogP contribution in [-0.4, -0.2) is 30.5 Å². The predicted octanol–water partition coefficient (Wildman–Crippen LogP) is 4.31. The van der Waals surface area contributed by atoms with Crippen molar-refractivity contribution in [2.45, 2.75) is 13.5 Å². The molecule has 0 unspecified atom stereocenters. The number of nitrogens with zero attached hydrogens (tertiary/aromatic N) is 5. The highest BCUT2D eigenvalue weighted by Crippen LogP contribution is 2.21. The van der Waals surface area contributed by atoms with Gasteiger partial charge in [0.1, 0.15) is 11.6 Å². The highest BCUT2D eigenvalue weighted by molar-refractivity contribution is 5.94. The van der Waals surface area contributed by atoms with Crippen molar-refractivity contribution < 1.29 is 9.18 Å². The van der Waals surface area contributed by atoms with Gasteiger partial charge in [-0.3, -0.25) is 9.78 Å². The molecule has 5 rings (SSSR count). The zero-order valence-electron chi connectivity index (χ0n) is 18.2. The number of aromatic nitrogens is 5. The Morgan fingerprint density at radius 1 is 1.03 bits per heavy atom. The van der Waals surface area contributed by atoms with Crippen molar-refractivity contribution >= 4 is 23.2 Å². The number of carbonyl (C=O) groups excluding carboxylic acids is 1. The molecule has 5 aromatic rings. The largest absolute Gasteiger partial charge is 0.348 e. The summed E-state index contributed by atoms with van der Waals surface area (Å²) in [5.74, 6) is 1.17. The number of hydrogen-bond donors (Lipinski definition) is 2. The molecular formula is C25H20FN7O. The third-order valence-electron chi connectivity index (χ3n) is 5.15. The van der Waals surface area contributed by atoms with Crippen LogP contribution in [-0.2, 0) is 6.54 Å². The first-order chi connectivity index (χ1) is 16.5. The topological polar surface area (TPSA) is 97.1 Å².